The summed E-state index contributed by atoms with van der Waals surface area (Å²) in [5, 5.41) is 6.55. The molecule has 1 aromatic carbocycles. The van der Waals surface area contributed by atoms with E-state index in [4.69, 9.17) is 9.47 Å². The molecule has 5 heteroatoms. The first-order chi connectivity index (χ1) is 11.4. The van der Waals surface area contributed by atoms with E-state index in [1.165, 1.54) is 5.56 Å². The van der Waals surface area contributed by atoms with Crippen molar-refractivity contribution < 1.29 is 14.3 Å². The van der Waals surface area contributed by atoms with Gasteiger partial charge in [0.05, 0.1) is 12.6 Å². The maximum atomic E-state index is 12.1. The molecule has 0 aliphatic heterocycles. The third kappa shape index (κ3) is 6.49. The van der Waals surface area contributed by atoms with E-state index in [0.29, 0.717) is 19.1 Å². The van der Waals surface area contributed by atoms with Gasteiger partial charge in [0.15, 0.2) is 0 Å². The molecule has 0 radical (unpaired) electrons. The van der Waals surface area contributed by atoms with Crippen LogP contribution >= 0.6 is 0 Å². The predicted molar refractivity (Wildman–Crippen MR) is 94.9 cm³/mol. The molecule has 0 heterocycles. The lowest BCUT2D eigenvalue weighted by molar-refractivity contribution is 0.0495. The zero-order valence-electron chi connectivity index (χ0n) is 15.2. The largest absolute Gasteiger partial charge is 0.444 e. The average Bonchev–Trinajstić information content (AvgIpc) is 3.34. The van der Waals surface area contributed by atoms with Gasteiger partial charge in [-0.25, -0.2) is 4.79 Å². The van der Waals surface area contributed by atoms with Crippen LogP contribution in [0.15, 0.2) is 30.3 Å². The van der Waals surface area contributed by atoms with Gasteiger partial charge in [-0.15, -0.1) is 0 Å². The summed E-state index contributed by atoms with van der Waals surface area (Å²) in [4.78, 5) is 12.1. The molecule has 1 aromatic rings. The number of carbonyl (C=O) groups is 1. The Morgan fingerprint density at radius 2 is 1.92 bits per heavy atom. The predicted octanol–water partition coefficient (Wildman–Crippen LogP) is 3.27. The molecule has 0 bridgehead atoms. The number of ether oxygens (including phenoxy) is 2. The molecule has 134 valence electrons. The normalized spacial score (nSPS) is 17.2. The molecule has 1 aliphatic carbocycles. The van der Waals surface area contributed by atoms with Crippen LogP contribution in [0.1, 0.15) is 45.2 Å². The van der Waals surface area contributed by atoms with Crippen molar-refractivity contribution in [2.24, 2.45) is 5.92 Å². The summed E-state index contributed by atoms with van der Waals surface area (Å²) in [6.07, 6.45) is 1.97. The molecule has 2 N–H and O–H groups in total. The summed E-state index contributed by atoms with van der Waals surface area (Å²) >= 11 is 0. The van der Waals surface area contributed by atoms with Gasteiger partial charge in [-0.05, 0) is 45.1 Å². The van der Waals surface area contributed by atoms with Crippen LogP contribution in [0.4, 0.5) is 4.79 Å². The van der Waals surface area contributed by atoms with E-state index in [2.05, 4.69) is 22.8 Å². The number of carbonyl (C=O) groups excluding carboxylic acids is 1. The van der Waals surface area contributed by atoms with Crippen molar-refractivity contribution in [3.05, 3.63) is 35.9 Å². The second-order valence-electron chi connectivity index (χ2n) is 7.42. The number of nitrogens with one attached hydrogen (secondary N) is 2. The zero-order valence-corrected chi connectivity index (χ0v) is 15.2. The summed E-state index contributed by atoms with van der Waals surface area (Å²) in [6.45, 7) is 6.92. The summed E-state index contributed by atoms with van der Waals surface area (Å²) in [5.41, 5.74) is 0.708. The first kappa shape index (κ1) is 18.7. The SMILES string of the molecule is COCC(NCC(NC(=O)OC(C)(C)C)C1CC1)c1ccccc1. The van der Waals surface area contributed by atoms with Crippen LogP contribution in [0, 0.1) is 5.92 Å². The van der Waals surface area contributed by atoms with Gasteiger partial charge in [-0.2, -0.15) is 0 Å². The number of hydrogen-bond donors (Lipinski definition) is 2. The Bertz CT molecular complexity index is 509. The Kier molecular flexibility index (Phi) is 6.63. The zero-order chi connectivity index (χ0) is 17.6. The standard InChI is InChI=1S/C19H30N2O3/c1-19(2,3)24-18(22)21-16(15-10-11-15)12-20-17(13-23-4)14-8-6-5-7-9-14/h5-9,15-17,20H,10-13H2,1-4H3,(H,21,22). The van der Waals surface area contributed by atoms with Crippen molar-refractivity contribution in [1.82, 2.24) is 10.6 Å². The molecule has 1 aliphatic rings. The number of benzene rings is 1. The van der Waals surface area contributed by atoms with Crippen LogP contribution in [0.2, 0.25) is 0 Å². The minimum atomic E-state index is -0.478. The van der Waals surface area contributed by atoms with Crippen molar-refractivity contribution in [2.45, 2.75) is 51.3 Å². The number of methoxy groups -OCH3 is 1. The molecule has 0 spiro atoms. The summed E-state index contributed by atoms with van der Waals surface area (Å²) in [6, 6.07) is 10.4. The lowest BCUT2D eigenvalue weighted by Gasteiger charge is -2.26. The molecule has 2 rings (SSSR count). The molecule has 1 fully saturated rings. The van der Waals surface area contributed by atoms with Gasteiger partial charge < -0.3 is 20.1 Å². The van der Waals surface area contributed by atoms with E-state index in [0.717, 1.165) is 12.8 Å². The Morgan fingerprint density at radius 1 is 1.25 bits per heavy atom. The Morgan fingerprint density at radius 3 is 2.46 bits per heavy atom. The fraction of sp³-hybridized carbons (Fsp3) is 0.632. The van der Waals surface area contributed by atoms with E-state index < -0.39 is 5.60 Å². The van der Waals surface area contributed by atoms with Crippen molar-refractivity contribution >= 4 is 6.09 Å². The first-order valence-corrected chi connectivity index (χ1v) is 8.66. The second kappa shape index (κ2) is 8.49. The lowest BCUT2D eigenvalue weighted by Crippen LogP contribution is -2.46. The van der Waals surface area contributed by atoms with Gasteiger partial charge >= 0.3 is 6.09 Å². The fourth-order valence-electron chi connectivity index (χ4n) is 2.69. The van der Waals surface area contributed by atoms with E-state index in [9.17, 15) is 4.79 Å². The van der Waals surface area contributed by atoms with Gasteiger partial charge in [0.25, 0.3) is 0 Å². The Balaban J connectivity index is 1.91. The number of alkyl carbamates (subject to hydrolysis) is 1. The summed E-state index contributed by atoms with van der Waals surface area (Å²) in [5.74, 6) is 0.531. The van der Waals surface area contributed by atoms with E-state index in [1.807, 2.05) is 39.0 Å². The number of amides is 1. The quantitative estimate of drug-likeness (QED) is 0.766. The van der Waals surface area contributed by atoms with Crippen LogP contribution in [-0.4, -0.2) is 38.0 Å². The molecular formula is C19H30N2O3. The Hall–Kier alpha value is -1.59. The molecule has 0 aromatic heterocycles. The average molecular weight is 334 g/mol. The van der Waals surface area contributed by atoms with Crippen LogP contribution in [0.25, 0.3) is 0 Å². The highest BCUT2D eigenvalue weighted by atomic mass is 16.6. The molecule has 1 amide bonds. The van der Waals surface area contributed by atoms with Gasteiger partial charge in [-0.3, -0.25) is 0 Å². The van der Waals surface area contributed by atoms with Crippen LogP contribution in [0.5, 0.6) is 0 Å². The van der Waals surface area contributed by atoms with Crippen molar-refractivity contribution in [3.63, 3.8) is 0 Å². The highest BCUT2D eigenvalue weighted by Crippen LogP contribution is 2.32. The summed E-state index contributed by atoms with van der Waals surface area (Å²) in [7, 11) is 1.70. The molecule has 5 nitrogen and oxygen atoms in total. The maximum Gasteiger partial charge on any atom is 0.407 e. The molecule has 0 saturated heterocycles. The smallest absolute Gasteiger partial charge is 0.407 e. The monoisotopic (exact) mass is 334 g/mol. The van der Waals surface area contributed by atoms with E-state index in [-0.39, 0.29) is 18.2 Å². The minimum Gasteiger partial charge on any atom is -0.444 e. The second-order valence-corrected chi connectivity index (χ2v) is 7.42. The van der Waals surface area contributed by atoms with E-state index >= 15 is 0 Å². The number of rotatable bonds is 8. The molecule has 2 atom stereocenters. The van der Waals surface area contributed by atoms with Gasteiger partial charge in [0, 0.05) is 19.7 Å². The lowest BCUT2D eigenvalue weighted by atomic mass is 10.1. The van der Waals surface area contributed by atoms with Crippen molar-refractivity contribution in [2.75, 3.05) is 20.3 Å². The van der Waals surface area contributed by atoms with Crippen LogP contribution in [-0.2, 0) is 9.47 Å². The highest BCUT2D eigenvalue weighted by Gasteiger charge is 2.33. The topological polar surface area (TPSA) is 59.6 Å². The fourth-order valence-corrected chi connectivity index (χ4v) is 2.69. The molecule has 1 saturated carbocycles. The minimum absolute atomic E-state index is 0.0860. The first-order valence-electron chi connectivity index (χ1n) is 8.66. The summed E-state index contributed by atoms with van der Waals surface area (Å²) < 4.78 is 10.7. The van der Waals surface area contributed by atoms with Crippen LogP contribution < -0.4 is 10.6 Å². The van der Waals surface area contributed by atoms with E-state index in [1.54, 1.807) is 7.11 Å². The van der Waals surface area contributed by atoms with Gasteiger partial charge in [0.2, 0.25) is 0 Å². The van der Waals surface area contributed by atoms with Crippen LogP contribution in [0.3, 0.4) is 0 Å². The van der Waals surface area contributed by atoms with Crippen molar-refractivity contribution in [3.8, 4) is 0 Å². The maximum absolute atomic E-state index is 12.1. The third-order valence-electron chi connectivity index (χ3n) is 4.01. The van der Waals surface area contributed by atoms with Crippen molar-refractivity contribution in [1.29, 1.82) is 0 Å². The molecular weight excluding hydrogens is 304 g/mol. The Labute approximate surface area is 145 Å². The van der Waals surface area contributed by atoms with Gasteiger partial charge in [-0.1, -0.05) is 30.3 Å². The number of hydrogen-bond acceptors (Lipinski definition) is 4. The van der Waals surface area contributed by atoms with Gasteiger partial charge in [0.1, 0.15) is 5.60 Å². The third-order valence-corrected chi connectivity index (χ3v) is 4.01. The molecule has 2 unspecified atom stereocenters. The molecule has 24 heavy (non-hydrogen) atoms. The highest BCUT2D eigenvalue weighted by molar-refractivity contribution is 5.68.